The van der Waals surface area contributed by atoms with Crippen LogP contribution in [0.3, 0.4) is 0 Å². The number of ether oxygens (including phenoxy) is 1. The van der Waals surface area contributed by atoms with Crippen LogP contribution in [0.15, 0.2) is 71.3 Å². The fourth-order valence-electron chi connectivity index (χ4n) is 2.72. The lowest BCUT2D eigenvalue weighted by molar-refractivity contribution is 0.0716. The first-order valence-electron chi connectivity index (χ1n) is 8.95. The van der Waals surface area contributed by atoms with Crippen molar-refractivity contribution in [3.63, 3.8) is 0 Å². The average Bonchev–Trinajstić information content (AvgIpc) is 3.20. The van der Waals surface area contributed by atoms with E-state index >= 15 is 0 Å². The third kappa shape index (κ3) is 4.97. The van der Waals surface area contributed by atoms with Crippen molar-refractivity contribution in [3.8, 4) is 5.75 Å². The van der Waals surface area contributed by atoms with Gasteiger partial charge in [0.15, 0.2) is 0 Å². The molecule has 0 spiro atoms. The summed E-state index contributed by atoms with van der Waals surface area (Å²) in [5, 5.41) is 0. The van der Waals surface area contributed by atoms with Gasteiger partial charge in [-0.3, -0.25) is 4.79 Å². The molecule has 1 amide bonds. The van der Waals surface area contributed by atoms with Crippen molar-refractivity contribution in [3.05, 3.63) is 89.6 Å². The van der Waals surface area contributed by atoms with Gasteiger partial charge in [-0.1, -0.05) is 25.1 Å². The van der Waals surface area contributed by atoms with E-state index in [-0.39, 0.29) is 24.8 Å². The Morgan fingerprint density at radius 3 is 2.48 bits per heavy atom. The maximum absolute atomic E-state index is 14.1. The normalized spacial score (nSPS) is 10.6. The van der Waals surface area contributed by atoms with E-state index in [0.717, 1.165) is 12.2 Å². The lowest BCUT2D eigenvalue weighted by Gasteiger charge is -2.22. The van der Waals surface area contributed by atoms with E-state index in [1.807, 2.05) is 6.92 Å². The van der Waals surface area contributed by atoms with Crippen molar-refractivity contribution in [2.45, 2.75) is 26.4 Å². The SMILES string of the molecule is CCCOc1ccc(C(=O)N(Cc2ccco2)Cc2ccccc2F)cc1. The number of rotatable bonds is 8. The molecule has 0 radical (unpaired) electrons. The van der Waals surface area contributed by atoms with Crippen LogP contribution in [0.1, 0.15) is 35.0 Å². The summed E-state index contributed by atoms with van der Waals surface area (Å²) in [4.78, 5) is 14.6. The van der Waals surface area contributed by atoms with Crippen LogP contribution in [0, 0.1) is 5.82 Å². The second-order valence-electron chi connectivity index (χ2n) is 6.20. The van der Waals surface area contributed by atoms with Crippen molar-refractivity contribution < 1.29 is 18.3 Å². The molecule has 0 fully saturated rings. The minimum absolute atomic E-state index is 0.153. The number of carbonyl (C=O) groups excluding carboxylic acids is 1. The van der Waals surface area contributed by atoms with E-state index in [0.29, 0.717) is 23.5 Å². The zero-order valence-electron chi connectivity index (χ0n) is 15.2. The highest BCUT2D eigenvalue weighted by atomic mass is 19.1. The number of carbonyl (C=O) groups is 1. The van der Waals surface area contributed by atoms with Gasteiger partial charge < -0.3 is 14.1 Å². The van der Waals surface area contributed by atoms with Gasteiger partial charge in [0.2, 0.25) is 0 Å². The zero-order chi connectivity index (χ0) is 19.1. The van der Waals surface area contributed by atoms with Gasteiger partial charge >= 0.3 is 0 Å². The molecule has 27 heavy (non-hydrogen) atoms. The molecule has 140 valence electrons. The Bertz CT molecular complexity index is 860. The number of amides is 1. The molecule has 1 heterocycles. The Morgan fingerprint density at radius 2 is 1.81 bits per heavy atom. The molecule has 0 saturated heterocycles. The molecule has 0 unspecified atom stereocenters. The molecule has 0 atom stereocenters. The quantitative estimate of drug-likeness (QED) is 0.559. The maximum Gasteiger partial charge on any atom is 0.254 e. The number of hydrogen-bond donors (Lipinski definition) is 0. The Morgan fingerprint density at radius 1 is 1.04 bits per heavy atom. The van der Waals surface area contributed by atoms with Gasteiger partial charge in [-0.2, -0.15) is 0 Å². The van der Waals surface area contributed by atoms with Crippen LogP contribution in [-0.2, 0) is 13.1 Å². The Kier molecular flexibility index (Phi) is 6.26. The molecule has 1 aromatic heterocycles. The number of furan rings is 1. The smallest absolute Gasteiger partial charge is 0.254 e. The molecule has 2 aromatic carbocycles. The van der Waals surface area contributed by atoms with E-state index in [1.165, 1.54) is 6.07 Å². The molecule has 3 aromatic rings. The van der Waals surface area contributed by atoms with Crippen LogP contribution >= 0.6 is 0 Å². The summed E-state index contributed by atoms with van der Waals surface area (Å²) in [6.45, 7) is 3.08. The molecule has 0 aliphatic heterocycles. The first kappa shape index (κ1) is 18.7. The molecule has 5 heteroatoms. The molecule has 0 saturated carbocycles. The van der Waals surface area contributed by atoms with E-state index in [2.05, 4.69) is 0 Å². The van der Waals surface area contributed by atoms with E-state index in [4.69, 9.17) is 9.15 Å². The minimum Gasteiger partial charge on any atom is -0.494 e. The summed E-state index contributed by atoms with van der Waals surface area (Å²) < 4.78 is 25.0. The minimum atomic E-state index is -0.335. The lowest BCUT2D eigenvalue weighted by Crippen LogP contribution is -2.30. The Balaban J connectivity index is 1.80. The summed E-state index contributed by atoms with van der Waals surface area (Å²) in [6, 6.07) is 17.0. The molecule has 0 aliphatic rings. The van der Waals surface area contributed by atoms with Crippen LogP contribution < -0.4 is 4.74 Å². The fraction of sp³-hybridized carbons (Fsp3) is 0.227. The summed E-state index contributed by atoms with van der Waals surface area (Å²) in [7, 11) is 0. The van der Waals surface area contributed by atoms with Gasteiger partial charge in [-0.25, -0.2) is 4.39 Å². The van der Waals surface area contributed by atoms with E-state index in [1.54, 1.807) is 65.8 Å². The van der Waals surface area contributed by atoms with Gasteiger partial charge in [0.1, 0.15) is 17.3 Å². The third-order valence-corrected chi connectivity index (χ3v) is 4.11. The van der Waals surface area contributed by atoms with Crippen LogP contribution in [0.4, 0.5) is 4.39 Å². The maximum atomic E-state index is 14.1. The predicted molar refractivity (Wildman–Crippen MR) is 101 cm³/mol. The van der Waals surface area contributed by atoms with Crippen LogP contribution in [-0.4, -0.2) is 17.4 Å². The van der Waals surface area contributed by atoms with Gasteiger partial charge in [0.25, 0.3) is 5.91 Å². The number of halogens is 1. The number of hydrogen-bond acceptors (Lipinski definition) is 3. The molecular formula is C22H22FNO3. The topological polar surface area (TPSA) is 42.7 Å². The first-order chi connectivity index (χ1) is 13.2. The summed E-state index contributed by atoms with van der Waals surface area (Å²) in [5.41, 5.74) is 0.974. The summed E-state index contributed by atoms with van der Waals surface area (Å²) in [5.74, 6) is 0.831. The van der Waals surface area contributed by atoms with Crippen LogP contribution in [0.25, 0.3) is 0 Å². The summed E-state index contributed by atoms with van der Waals surface area (Å²) >= 11 is 0. The second kappa shape index (κ2) is 9.03. The number of nitrogens with zero attached hydrogens (tertiary/aromatic N) is 1. The molecule has 4 nitrogen and oxygen atoms in total. The molecule has 0 aliphatic carbocycles. The Hall–Kier alpha value is -3.08. The van der Waals surface area contributed by atoms with Crippen LogP contribution in [0.5, 0.6) is 5.75 Å². The van der Waals surface area contributed by atoms with Crippen molar-refractivity contribution in [2.24, 2.45) is 0 Å². The highest BCUT2D eigenvalue weighted by molar-refractivity contribution is 5.94. The monoisotopic (exact) mass is 367 g/mol. The Labute approximate surface area is 158 Å². The molecule has 0 N–H and O–H groups in total. The number of benzene rings is 2. The van der Waals surface area contributed by atoms with Crippen molar-refractivity contribution in [1.29, 1.82) is 0 Å². The standard InChI is InChI=1S/C22H22FNO3/c1-2-13-26-19-11-9-17(10-12-19)22(25)24(16-20-7-5-14-27-20)15-18-6-3-4-8-21(18)23/h3-12,14H,2,13,15-16H2,1H3. The van der Waals surface area contributed by atoms with Crippen molar-refractivity contribution in [1.82, 2.24) is 4.90 Å². The highest BCUT2D eigenvalue weighted by Crippen LogP contribution is 2.19. The van der Waals surface area contributed by atoms with Gasteiger partial charge in [-0.05, 0) is 48.9 Å². The molecule has 3 rings (SSSR count). The first-order valence-corrected chi connectivity index (χ1v) is 8.95. The predicted octanol–water partition coefficient (Wildman–Crippen LogP) is 5.05. The largest absolute Gasteiger partial charge is 0.494 e. The van der Waals surface area contributed by atoms with Crippen molar-refractivity contribution in [2.75, 3.05) is 6.61 Å². The zero-order valence-corrected chi connectivity index (χ0v) is 15.2. The lowest BCUT2D eigenvalue weighted by atomic mass is 10.1. The average molecular weight is 367 g/mol. The van der Waals surface area contributed by atoms with Gasteiger partial charge in [0, 0.05) is 17.7 Å². The second-order valence-corrected chi connectivity index (χ2v) is 6.20. The van der Waals surface area contributed by atoms with Gasteiger partial charge in [-0.15, -0.1) is 0 Å². The van der Waals surface area contributed by atoms with Crippen LogP contribution in [0.2, 0.25) is 0 Å². The highest BCUT2D eigenvalue weighted by Gasteiger charge is 2.19. The third-order valence-electron chi connectivity index (χ3n) is 4.11. The molecular weight excluding hydrogens is 345 g/mol. The summed E-state index contributed by atoms with van der Waals surface area (Å²) in [6.07, 6.45) is 2.47. The fourth-order valence-corrected chi connectivity index (χ4v) is 2.72. The molecule has 0 bridgehead atoms. The van der Waals surface area contributed by atoms with Gasteiger partial charge in [0.05, 0.1) is 19.4 Å². The van der Waals surface area contributed by atoms with E-state index < -0.39 is 0 Å². The van der Waals surface area contributed by atoms with Crippen molar-refractivity contribution >= 4 is 5.91 Å². The van der Waals surface area contributed by atoms with E-state index in [9.17, 15) is 9.18 Å².